The monoisotopic (exact) mass is 358 g/mol. The van der Waals surface area contributed by atoms with Crippen molar-refractivity contribution < 1.29 is 13.2 Å². The molecule has 0 aliphatic carbocycles. The molecule has 0 spiro atoms. The van der Waals surface area contributed by atoms with E-state index in [2.05, 4.69) is 4.99 Å². The number of hydrogen-bond acceptors (Lipinski definition) is 6. The van der Waals surface area contributed by atoms with Crippen molar-refractivity contribution in [1.82, 2.24) is 0 Å². The number of fused-ring (bicyclic) bond motifs is 1. The van der Waals surface area contributed by atoms with Crippen molar-refractivity contribution in [1.29, 1.82) is 0 Å². The predicted octanol–water partition coefficient (Wildman–Crippen LogP) is 2.00. The SMILES string of the molecule is CC(=O)CSC1=NC2CS(=O)(=O)CC2N1c1ccc(Cl)cc1. The Morgan fingerprint density at radius 3 is 2.68 bits per heavy atom. The number of anilines is 1. The van der Waals surface area contributed by atoms with Crippen molar-refractivity contribution in [2.45, 2.75) is 19.0 Å². The molecular weight excluding hydrogens is 344 g/mol. The van der Waals surface area contributed by atoms with Crippen LogP contribution in [-0.2, 0) is 14.6 Å². The van der Waals surface area contributed by atoms with E-state index in [-0.39, 0.29) is 29.4 Å². The Labute approximate surface area is 138 Å². The van der Waals surface area contributed by atoms with Crippen LogP contribution in [0.5, 0.6) is 0 Å². The highest BCUT2D eigenvalue weighted by Crippen LogP contribution is 2.35. The molecule has 8 heteroatoms. The van der Waals surface area contributed by atoms with Gasteiger partial charge in [-0.25, -0.2) is 8.42 Å². The maximum atomic E-state index is 11.9. The quantitative estimate of drug-likeness (QED) is 0.826. The van der Waals surface area contributed by atoms with Crippen molar-refractivity contribution in [3.63, 3.8) is 0 Å². The van der Waals surface area contributed by atoms with Gasteiger partial charge in [0.1, 0.15) is 5.78 Å². The molecular formula is C14H15ClN2O3S2. The minimum absolute atomic E-state index is 0.0634. The van der Waals surface area contributed by atoms with Crippen molar-refractivity contribution in [2.24, 2.45) is 4.99 Å². The third-order valence-corrected chi connectivity index (χ3v) is 6.68. The van der Waals surface area contributed by atoms with E-state index >= 15 is 0 Å². The number of rotatable bonds is 3. The van der Waals surface area contributed by atoms with Crippen LogP contribution in [-0.4, -0.2) is 48.7 Å². The molecule has 22 heavy (non-hydrogen) atoms. The third-order valence-electron chi connectivity index (χ3n) is 3.62. The van der Waals surface area contributed by atoms with Gasteiger partial charge in [-0.3, -0.25) is 9.79 Å². The summed E-state index contributed by atoms with van der Waals surface area (Å²) in [5.74, 6) is 0.558. The zero-order valence-electron chi connectivity index (χ0n) is 11.9. The molecule has 2 aliphatic heterocycles. The lowest BCUT2D eigenvalue weighted by atomic mass is 10.1. The molecule has 1 fully saturated rings. The van der Waals surface area contributed by atoms with Crippen LogP contribution in [0.2, 0.25) is 5.02 Å². The molecule has 118 valence electrons. The smallest absolute Gasteiger partial charge is 0.164 e. The lowest BCUT2D eigenvalue weighted by Crippen LogP contribution is -2.39. The second-order valence-electron chi connectivity index (χ2n) is 5.46. The maximum absolute atomic E-state index is 11.9. The molecule has 0 N–H and O–H groups in total. The average molecular weight is 359 g/mol. The first-order chi connectivity index (χ1) is 10.4. The van der Waals surface area contributed by atoms with Crippen molar-refractivity contribution in [3.8, 4) is 0 Å². The number of nitrogens with zero attached hydrogens (tertiary/aromatic N) is 2. The van der Waals surface area contributed by atoms with Crippen LogP contribution in [0.4, 0.5) is 5.69 Å². The molecule has 1 aromatic rings. The highest BCUT2D eigenvalue weighted by molar-refractivity contribution is 8.14. The number of thioether (sulfide) groups is 1. The molecule has 1 saturated heterocycles. The molecule has 2 unspecified atom stereocenters. The number of sulfone groups is 1. The highest BCUT2D eigenvalue weighted by Gasteiger charge is 2.47. The van der Waals surface area contributed by atoms with Gasteiger partial charge in [-0.05, 0) is 31.2 Å². The zero-order chi connectivity index (χ0) is 15.9. The fraction of sp³-hybridized carbons (Fsp3) is 0.429. The average Bonchev–Trinajstić information content (AvgIpc) is 2.89. The summed E-state index contributed by atoms with van der Waals surface area (Å²) in [4.78, 5) is 17.7. The van der Waals surface area contributed by atoms with Crippen molar-refractivity contribution >= 4 is 49.8 Å². The van der Waals surface area contributed by atoms with E-state index in [4.69, 9.17) is 11.6 Å². The van der Waals surface area contributed by atoms with Gasteiger partial charge in [0.15, 0.2) is 15.0 Å². The Balaban J connectivity index is 1.93. The summed E-state index contributed by atoms with van der Waals surface area (Å²) in [6.45, 7) is 1.53. The largest absolute Gasteiger partial charge is 0.315 e. The van der Waals surface area contributed by atoms with Gasteiger partial charge in [0, 0.05) is 10.7 Å². The minimum atomic E-state index is -3.06. The molecule has 2 aliphatic rings. The Kier molecular flexibility index (Phi) is 4.22. The number of amidine groups is 1. The summed E-state index contributed by atoms with van der Waals surface area (Å²) in [5.41, 5.74) is 0.851. The summed E-state index contributed by atoms with van der Waals surface area (Å²) in [6, 6.07) is 6.77. The number of ketones is 1. The summed E-state index contributed by atoms with van der Waals surface area (Å²) in [6.07, 6.45) is 0. The molecule has 0 saturated carbocycles. The minimum Gasteiger partial charge on any atom is -0.315 e. The standard InChI is InChI=1S/C14H15ClN2O3S2/c1-9(18)6-21-14-16-12-7-22(19,20)8-13(12)17(14)11-4-2-10(15)3-5-11/h2-5,12-13H,6-8H2,1H3. The van der Waals surface area contributed by atoms with Crippen LogP contribution in [0.25, 0.3) is 0 Å². The number of halogens is 1. The van der Waals surface area contributed by atoms with E-state index in [0.717, 1.165) is 5.69 Å². The van der Waals surface area contributed by atoms with Crippen LogP contribution in [0.15, 0.2) is 29.3 Å². The lowest BCUT2D eigenvalue weighted by molar-refractivity contribution is -0.114. The van der Waals surface area contributed by atoms with Crippen LogP contribution in [0.1, 0.15) is 6.92 Å². The Hall–Kier alpha value is -1.05. The first kappa shape index (κ1) is 15.8. The van der Waals surface area contributed by atoms with Crippen molar-refractivity contribution in [3.05, 3.63) is 29.3 Å². The van der Waals surface area contributed by atoms with Gasteiger partial charge in [0.25, 0.3) is 0 Å². The molecule has 3 rings (SSSR count). The number of carbonyl (C=O) groups is 1. The molecule has 2 heterocycles. The molecule has 0 amide bonds. The molecule has 5 nitrogen and oxygen atoms in total. The summed E-state index contributed by atoms with van der Waals surface area (Å²) < 4.78 is 23.7. The van der Waals surface area contributed by atoms with E-state index < -0.39 is 9.84 Å². The van der Waals surface area contributed by atoms with Gasteiger partial charge < -0.3 is 4.90 Å². The Bertz CT molecular complexity index is 731. The van der Waals surface area contributed by atoms with E-state index in [1.807, 2.05) is 17.0 Å². The van der Waals surface area contributed by atoms with Gasteiger partial charge in [-0.1, -0.05) is 23.4 Å². The van der Waals surface area contributed by atoms with Crippen LogP contribution in [0, 0.1) is 0 Å². The van der Waals surface area contributed by atoms with Crippen LogP contribution < -0.4 is 4.90 Å². The van der Waals surface area contributed by atoms with Gasteiger partial charge in [-0.2, -0.15) is 0 Å². The number of carbonyl (C=O) groups excluding carboxylic acids is 1. The normalized spacial score (nSPS) is 25.9. The lowest BCUT2D eigenvalue weighted by Gasteiger charge is -2.26. The van der Waals surface area contributed by atoms with E-state index in [0.29, 0.717) is 15.9 Å². The number of benzene rings is 1. The fourth-order valence-electron chi connectivity index (χ4n) is 2.70. The summed E-state index contributed by atoms with van der Waals surface area (Å²) in [7, 11) is -3.06. The summed E-state index contributed by atoms with van der Waals surface area (Å²) >= 11 is 7.27. The summed E-state index contributed by atoms with van der Waals surface area (Å²) in [5, 5.41) is 1.33. The van der Waals surface area contributed by atoms with E-state index in [9.17, 15) is 13.2 Å². The Morgan fingerprint density at radius 1 is 1.36 bits per heavy atom. The molecule has 0 aromatic heterocycles. The Morgan fingerprint density at radius 2 is 2.05 bits per heavy atom. The number of Topliss-reactive ketones (excluding diaryl/α,β-unsaturated/α-hetero) is 1. The molecule has 1 aromatic carbocycles. The number of hydrogen-bond donors (Lipinski definition) is 0. The van der Waals surface area contributed by atoms with Crippen LogP contribution >= 0.6 is 23.4 Å². The van der Waals surface area contributed by atoms with Gasteiger partial charge in [0.05, 0.1) is 29.3 Å². The maximum Gasteiger partial charge on any atom is 0.164 e. The number of aliphatic imine (C=N–C) groups is 1. The van der Waals surface area contributed by atoms with E-state index in [1.165, 1.54) is 18.7 Å². The predicted molar refractivity (Wildman–Crippen MR) is 90.7 cm³/mol. The van der Waals surface area contributed by atoms with Crippen LogP contribution in [0.3, 0.4) is 0 Å². The molecule has 2 atom stereocenters. The topological polar surface area (TPSA) is 66.8 Å². The first-order valence-electron chi connectivity index (χ1n) is 6.81. The molecule has 0 radical (unpaired) electrons. The van der Waals surface area contributed by atoms with Gasteiger partial charge >= 0.3 is 0 Å². The molecule has 0 bridgehead atoms. The second-order valence-corrected chi connectivity index (χ2v) is 8.99. The second kappa shape index (κ2) is 5.86. The zero-order valence-corrected chi connectivity index (χ0v) is 14.3. The van der Waals surface area contributed by atoms with Crippen molar-refractivity contribution in [2.75, 3.05) is 22.2 Å². The highest BCUT2D eigenvalue weighted by atomic mass is 35.5. The fourth-order valence-corrected chi connectivity index (χ4v) is 5.60. The van der Waals surface area contributed by atoms with E-state index in [1.54, 1.807) is 12.1 Å². The van der Waals surface area contributed by atoms with Gasteiger partial charge in [-0.15, -0.1) is 0 Å². The first-order valence-corrected chi connectivity index (χ1v) is 9.99. The van der Waals surface area contributed by atoms with Gasteiger partial charge in [0.2, 0.25) is 0 Å². The third kappa shape index (κ3) is 3.16.